The van der Waals surface area contributed by atoms with Crippen LogP contribution in [-0.4, -0.2) is 9.76 Å². The lowest BCUT2D eigenvalue weighted by Gasteiger charge is -1.94. The molecule has 1 aromatic rings. The maximum Gasteiger partial charge on any atom is 0.197 e. The van der Waals surface area contributed by atoms with E-state index in [1.54, 1.807) is 0 Å². The van der Waals surface area contributed by atoms with Gasteiger partial charge < -0.3 is 4.21 Å². The summed E-state index contributed by atoms with van der Waals surface area (Å²) in [6, 6.07) is 10.3. The van der Waals surface area contributed by atoms with Crippen LogP contribution in [-0.2, 0) is 4.21 Å². The van der Waals surface area contributed by atoms with Crippen LogP contribution in [0, 0.1) is 0 Å². The predicted octanol–water partition coefficient (Wildman–Crippen LogP) is 0.202. The van der Waals surface area contributed by atoms with Crippen molar-refractivity contribution < 1.29 is 4.21 Å². The van der Waals surface area contributed by atoms with Gasteiger partial charge in [-0.05, 0) is 14.7 Å². The molecule has 0 bridgehead atoms. The molecule has 0 aliphatic heterocycles. The third-order valence-electron chi connectivity index (χ3n) is 1.09. The van der Waals surface area contributed by atoms with Crippen molar-refractivity contribution in [3.05, 3.63) is 30.3 Å². The van der Waals surface area contributed by atoms with Gasteiger partial charge in [0.1, 0.15) is 0 Å². The maximum absolute atomic E-state index is 4.98. The van der Waals surface area contributed by atoms with E-state index in [0.29, 0.717) is 0 Å². The lowest BCUT2D eigenvalue weighted by atomic mass is 10.4. The molecular weight excluding hydrogens is 147 g/mol. The van der Waals surface area contributed by atoms with Crippen molar-refractivity contribution in [3.8, 4) is 0 Å². The third-order valence-corrected chi connectivity index (χ3v) is 2.56. The molecule has 0 radical (unpaired) electrons. The smallest absolute Gasteiger partial charge is 0.197 e. The first-order valence-corrected chi connectivity index (χ1v) is 4.54. The van der Waals surface area contributed by atoms with Crippen LogP contribution in [0.4, 0.5) is 0 Å². The highest BCUT2D eigenvalue weighted by molar-refractivity contribution is 7.12. The van der Waals surface area contributed by atoms with E-state index in [1.807, 2.05) is 18.2 Å². The number of rotatable bonds is 2. The Labute approximate surface area is 59.7 Å². The van der Waals surface area contributed by atoms with Gasteiger partial charge in [0.15, 0.2) is 9.76 Å². The zero-order valence-electron chi connectivity index (χ0n) is 5.08. The molecule has 0 N–H and O–H groups in total. The molecule has 0 spiro atoms. The highest BCUT2D eigenvalue weighted by atomic mass is 31.0. The summed E-state index contributed by atoms with van der Waals surface area (Å²) in [6.45, 7) is 0. The average Bonchev–Trinajstić information content (AvgIpc) is 1.91. The normalized spacial score (nSPS) is 10.8. The van der Waals surface area contributed by atoms with Crippen molar-refractivity contribution in [1.29, 1.82) is 0 Å². The molecule has 0 aliphatic carbocycles. The molecule has 0 amide bonds. The van der Waals surface area contributed by atoms with Gasteiger partial charge in [-0.25, -0.2) is 0 Å². The summed E-state index contributed by atoms with van der Waals surface area (Å²) in [7, 11) is 1.85. The molecule has 1 aromatic carbocycles. The Morgan fingerprint density at radius 2 is 1.89 bits per heavy atom. The lowest BCUT2D eigenvalue weighted by Crippen LogP contribution is -2.12. The van der Waals surface area contributed by atoms with Crippen LogP contribution in [0.15, 0.2) is 30.3 Å². The SMILES string of the molecule is PO[SiH2]c1ccccc1. The predicted molar refractivity (Wildman–Crippen MR) is 45.4 cm³/mol. The van der Waals surface area contributed by atoms with Gasteiger partial charge in [-0.3, -0.25) is 0 Å². The van der Waals surface area contributed by atoms with E-state index in [1.165, 1.54) is 5.19 Å². The molecule has 0 saturated heterocycles. The molecule has 3 heteroatoms. The minimum atomic E-state index is -0.438. The van der Waals surface area contributed by atoms with Crippen LogP contribution >= 0.6 is 9.47 Å². The zero-order valence-corrected chi connectivity index (χ0v) is 7.65. The van der Waals surface area contributed by atoms with E-state index in [4.69, 9.17) is 4.21 Å². The summed E-state index contributed by atoms with van der Waals surface area (Å²) in [6.07, 6.45) is 0. The summed E-state index contributed by atoms with van der Waals surface area (Å²) >= 11 is 0. The molecule has 1 rings (SSSR count). The fourth-order valence-corrected chi connectivity index (χ4v) is 1.90. The quantitative estimate of drug-likeness (QED) is 0.439. The summed E-state index contributed by atoms with van der Waals surface area (Å²) in [4.78, 5) is 0. The number of hydrogen-bond acceptors (Lipinski definition) is 1. The van der Waals surface area contributed by atoms with E-state index in [2.05, 4.69) is 21.6 Å². The fourth-order valence-electron chi connectivity index (χ4n) is 0.670. The minimum Gasteiger partial charge on any atom is -0.403 e. The van der Waals surface area contributed by atoms with Crippen LogP contribution in [0.25, 0.3) is 0 Å². The first-order valence-electron chi connectivity index (χ1n) is 2.79. The minimum absolute atomic E-state index is 0.438. The van der Waals surface area contributed by atoms with E-state index in [9.17, 15) is 0 Å². The summed E-state index contributed by atoms with van der Waals surface area (Å²) in [5.41, 5.74) is 0. The van der Waals surface area contributed by atoms with Gasteiger partial charge in [-0.1, -0.05) is 30.3 Å². The van der Waals surface area contributed by atoms with E-state index in [0.717, 1.165) is 0 Å². The molecule has 0 heterocycles. The van der Waals surface area contributed by atoms with Gasteiger partial charge in [0.25, 0.3) is 0 Å². The second-order valence-electron chi connectivity index (χ2n) is 1.80. The van der Waals surface area contributed by atoms with Crippen LogP contribution in [0.2, 0.25) is 0 Å². The highest BCUT2D eigenvalue weighted by Gasteiger charge is 1.86. The monoisotopic (exact) mass is 156 g/mol. The number of benzene rings is 1. The topological polar surface area (TPSA) is 9.23 Å². The summed E-state index contributed by atoms with van der Waals surface area (Å²) in [5.74, 6) is 0. The molecule has 0 aromatic heterocycles. The van der Waals surface area contributed by atoms with Crippen molar-refractivity contribution >= 4 is 24.4 Å². The van der Waals surface area contributed by atoms with Crippen LogP contribution in [0.3, 0.4) is 0 Å². The van der Waals surface area contributed by atoms with Crippen molar-refractivity contribution in [2.45, 2.75) is 0 Å². The number of hydrogen-bond donors (Lipinski definition) is 0. The van der Waals surface area contributed by atoms with Crippen LogP contribution in [0.1, 0.15) is 0 Å². The Morgan fingerprint density at radius 3 is 2.44 bits per heavy atom. The van der Waals surface area contributed by atoms with E-state index in [-0.39, 0.29) is 0 Å². The summed E-state index contributed by atoms with van der Waals surface area (Å²) < 4.78 is 4.98. The Bertz CT molecular complexity index is 166. The fraction of sp³-hybridized carbons (Fsp3) is 0. The van der Waals surface area contributed by atoms with Crippen molar-refractivity contribution in [2.75, 3.05) is 0 Å². The maximum atomic E-state index is 4.98. The van der Waals surface area contributed by atoms with Crippen LogP contribution in [0.5, 0.6) is 0 Å². The Morgan fingerprint density at radius 1 is 1.22 bits per heavy atom. The molecule has 48 valence electrons. The third kappa shape index (κ3) is 2.27. The molecule has 0 aliphatic rings. The van der Waals surface area contributed by atoms with Crippen molar-refractivity contribution in [3.63, 3.8) is 0 Å². The molecule has 9 heavy (non-hydrogen) atoms. The average molecular weight is 156 g/mol. The Balaban J connectivity index is 2.61. The highest BCUT2D eigenvalue weighted by Crippen LogP contribution is 1.84. The van der Waals surface area contributed by atoms with E-state index >= 15 is 0 Å². The first-order chi connectivity index (χ1) is 4.43. The Kier molecular flexibility index (Phi) is 2.91. The van der Waals surface area contributed by atoms with Gasteiger partial charge in [0.05, 0.1) is 0 Å². The first kappa shape index (κ1) is 6.94. The van der Waals surface area contributed by atoms with Gasteiger partial charge in [0, 0.05) is 0 Å². The lowest BCUT2D eigenvalue weighted by molar-refractivity contribution is 0.710. The zero-order chi connectivity index (χ0) is 6.53. The second kappa shape index (κ2) is 3.78. The second-order valence-corrected chi connectivity index (χ2v) is 4.24. The molecule has 1 atom stereocenters. The Hall–Kier alpha value is -0.173. The molecular formula is C6H9OPSi. The molecule has 0 fully saturated rings. The largest absolute Gasteiger partial charge is 0.403 e. The van der Waals surface area contributed by atoms with E-state index < -0.39 is 9.76 Å². The summed E-state index contributed by atoms with van der Waals surface area (Å²) in [5, 5.41) is 1.34. The van der Waals surface area contributed by atoms with Gasteiger partial charge in [-0.15, -0.1) is 0 Å². The standard InChI is InChI=1S/C6H9OPSi/c8-7-9-6-4-2-1-3-5-6/h1-5H,8-9H2. The molecule has 1 nitrogen and oxygen atoms in total. The molecule has 0 saturated carbocycles. The van der Waals surface area contributed by atoms with Crippen molar-refractivity contribution in [2.24, 2.45) is 0 Å². The molecule has 1 unspecified atom stereocenters. The van der Waals surface area contributed by atoms with Crippen LogP contribution < -0.4 is 5.19 Å². The van der Waals surface area contributed by atoms with Gasteiger partial charge >= 0.3 is 0 Å². The van der Waals surface area contributed by atoms with Gasteiger partial charge in [-0.2, -0.15) is 0 Å². The van der Waals surface area contributed by atoms with Crippen molar-refractivity contribution in [1.82, 2.24) is 0 Å². The van der Waals surface area contributed by atoms with Gasteiger partial charge in [0.2, 0.25) is 0 Å².